The minimum Gasteiger partial charge on any atom is -0.378 e. The summed E-state index contributed by atoms with van der Waals surface area (Å²) in [5, 5.41) is 3.34. The van der Waals surface area contributed by atoms with Crippen molar-refractivity contribution >= 4 is 29.3 Å². The van der Waals surface area contributed by atoms with Gasteiger partial charge in [-0.2, -0.15) is 0 Å². The average Bonchev–Trinajstić information content (AvgIpc) is 2.92. The normalized spacial score (nSPS) is 14.7. The van der Waals surface area contributed by atoms with E-state index in [9.17, 15) is 4.79 Å². The molecule has 0 atom stereocenters. The first-order valence-electron chi connectivity index (χ1n) is 10.2. The fourth-order valence-corrected chi connectivity index (χ4v) is 3.05. The van der Waals surface area contributed by atoms with Crippen LogP contribution in [0, 0.1) is 0 Å². The van der Waals surface area contributed by atoms with Crippen LogP contribution < -0.4 is 15.1 Å². The van der Waals surface area contributed by atoms with Gasteiger partial charge in [0.25, 0.3) is 0 Å². The maximum absolute atomic E-state index is 11.6. The molecule has 1 aromatic heterocycles. The van der Waals surface area contributed by atoms with Crippen molar-refractivity contribution in [3.63, 3.8) is 0 Å². The second-order valence-corrected chi connectivity index (χ2v) is 6.38. The van der Waals surface area contributed by atoms with Crippen LogP contribution in [0.4, 0.5) is 22.9 Å². The smallest absolute Gasteiger partial charge is 0.214 e. The number of benzene rings is 1. The van der Waals surface area contributed by atoms with Crippen LogP contribution in [0.1, 0.15) is 41.1 Å². The van der Waals surface area contributed by atoms with Gasteiger partial charge in [-0.05, 0) is 24.3 Å². The maximum Gasteiger partial charge on any atom is 0.214 e. The van der Waals surface area contributed by atoms with Crippen LogP contribution in [-0.4, -0.2) is 37.7 Å². The lowest BCUT2D eigenvalue weighted by molar-refractivity contribution is -0.107. The molecule has 1 N–H and O–H groups in total. The summed E-state index contributed by atoms with van der Waals surface area (Å²) in [4.78, 5) is 20.0. The molecule has 0 spiro atoms. The molecule has 0 bridgehead atoms. The number of morpholine rings is 1. The number of nitrogens with zero attached hydrogens (tertiary/aromatic N) is 3. The Bertz CT molecular complexity index is 751. The number of nitrogens with one attached hydrogen (secondary N) is 1. The molecule has 0 aliphatic carbocycles. The summed E-state index contributed by atoms with van der Waals surface area (Å²) >= 11 is 0. The summed E-state index contributed by atoms with van der Waals surface area (Å²) < 4.78 is 5.41. The Morgan fingerprint density at radius 3 is 2.61 bits per heavy atom. The van der Waals surface area contributed by atoms with Crippen molar-refractivity contribution in [3.8, 4) is 0 Å². The maximum atomic E-state index is 11.6. The second-order valence-electron chi connectivity index (χ2n) is 6.38. The Labute approximate surface area is 170 Å². The van der Waals surface area contributed by atoms with E-state index in [1.54, 1.807) is 11.1 Å². The fourth-order valence-electron chi connectivity index (χ4n) is 3.05. The van der Waals surface area contributed by atoms with Gasteiger partial charge in [-0.25, -0.2) is 4.98 Å². The van der Waals surface area contributed by atoms with Crippen molar-refractivity contribution in [2.45, 2.75) is 40.7 Å². The van der Waals surface area contributed by atoms with Gasteiger partial charge in [-0.3, -0.25) is 4.79 Å². The molecule has 154 valence electrons. The zero-order valence-corrected chi connectivity index (χ0v) is 17.4. The molecule has 1 saturated heterocycles. The molecular formula is C22H34N4O2. The molecule has 28 heavy (non-hydrogen) atoms. The van der Waals surface area contributed by atoms with E-state index >= 15 is 0 Å². The molecule has 0 radical (unpaired) electrons. The Morgan fingerprint density at radius 1 is 1.21 bits per heavy atom. The lowest BCUT2D eigenvalue weighted by Gasteiger charge is -2.30. The van der Waals surface area contributed by atoms with E-state index in [2.05, 4.69) is 41.2 Å². The number of rotatable bonds is 2. The molecule has 0 unspecified atom stereocenters. The fraction of sp³-hybridized carbons (Fsp3) is 0.455. The molecule has 2 aliphatic rings. The Kier molecular flexibility index (Phi) is 8.75. The minimum absolute atomic E-state index is 0. The molecule has 1 amide bonds. The van der Waals surface area contributed by atoms with E-state index in [0.717, 1.165) is 61.2 Å². The van der Waals surface area contributed by atoms with Gasteiger partial charge in [0.05, 0.1) is 31.1 Å². The van der Waals surface area contributed by atoms with Crippen LogP contribution in [-0.2, 0) is 16.1 Å². The summed E-state index contributed by atoms with van der Waals surface area (Å²) in [6.45, 7) is 12.0. The largest absolute Gasteiger partial charge is 0.378 e. The molecule has 6 nitrogen and oxygen atoms in total. The summed E-state index contributed by atoms with van der Waals surface area (Å²) in [5.41, 5.74) is 3.89. The van der Waals surface area contributed by atoms with E-state index < -0.39 is 0 Å². The van der Waals surface area contributed by atoms with Gasteiger partial charge in [0.1, 0.15) is 5.82 Å². The number of amides is 1. The highest BCUT2D eigenvalue weighted by atomic mass is 16.5. The number of hydrogen-bond acceptors (Lipinski definition) is 5. The van der Waals surface area contributed by atoms with Crippen LogP contribution in [0.15, 0.2) is 36.5 Å². The van der Waals surface area contributed by atoms with Gasteiger partial charge in [0.2, 0.25) is 6.41 Å². The van der Waals surface area contributed by atoms with Crippen LogP contribution >= 0.6 is 0 Å². The van der Waals surface area contributed by atoms with E-state index in [1.807, 2.05) is 32.0 Å². The molecule has 2 aliphatic heterocycles. The third kappa shape index (κ3) is 5.23. The predicted octanol–water partition coefficient (Wildman–Crippen LogP) is 4.83. The average molecular weight is 387 g/mol. The van der Waals surface area contributed by atoms with Crippen molar-refractivity contribution in [2.24, 2.45) is 0 Å². The molecular weight excluding hydrogens is 352 g/mol. The first kappa shape index (κ1) is 21.7. The molecule has 6 heteroatoms. The SMILES string of the molecule is CC.CCC.O=CN1Cc2cccnc2Nc2ccc(N3CCOCC3)cc21.[HH]. The molecule has 2 aromatic rings. The number of ether oxygens (including phenoxy) is 1. The lowest BCUT2D eigenvalue weighted by atomic mass is 10.2. The van der Waals surface area contributed by atoms with Gasteiger partial charge < -0.3 is 19.9 Å². The summed E-state index contributed by atoms with van der Waals surface area (Å²) in [7, 11) is 0. The van der Waals surface area contributed by atoms with Crippen molar-refractivity contribution in [1.29, 1.82) is 0 Å². The van der Waals surface area contributed by atoms with Crippen molar-refractivity contribution in [2.75, 3.05) is 41.4 Å². The van der Waals surface area contributed by atoms with E-state index in [-0.39, 0.29) is 1.43 Å². The molecule has 1 aromatic carbocycles. The molecule has 1 fully saturated rings. The van der Waals surface area contributed by atoms with Gasteiger partial charge >= 0.3 is 0 Å². The topological polar surface area (TPSA) is 57.7 Å². The highest BCUT2D eigenvalue weighted by molar-refractivity contribution is 5.89. The summed E-state index contributed by atoms with van der Waals surface area (Å²) in [6, 6.07) is 10.0. The predicted molar refractivity (Wildman–Crippen MR) is 119 cm³/mol. The highest BCUT2D eigenvalue weighted by Gasteiger charge is 2.21. The van der Waals surface area contributed by atoms with E-state index in [1.165, 1.54) is 6.42 Å². The quantitative estimate of drug-likeness (QED) is 0.750. The van der Waals surface area contributed by atoms with E-state index in [4.69, 9.17) is 4.74 Å². The van der Waals surface area contributed by atoms with Gasteiger partial charge in [-0.1, -0.05) is 40.2 Å². The monoisotopic (exact) mass is 386 g/mol. The van der Waals surface area contributed by atoms with Crippen LogP contribution in [0.25, 0.3) is 0 Å². The van der Waals surface area contributed by atoms with Crippen LogP contribution in [0.2, 0.25) is 0 Å². The highest BCUT2D eigenvalue weighted by Crippen LogP contribution is 2.36. The minimum atomic E-state index is 0. The third-order valence-electron chi connectivity index (χ3n) is 4.28. The Balaban J connectivity index is 0.000000645. The van der Waals surface area contributed by atoms with Crippen LogP contribution in [0.5, 0.6) is 0 Å². The molecule has 3 heterocycles. The van der Waals surface area contributed by atoms with Gasteiger partial charge in [0.15, 0.2) is 0 Å². The van der Waals surface area contributed by atoms with Crippen LogP contribution in [0.3, 0.4) is 0 Å². The van der Waals surface area contributed by atoms with Gasteiger partial charge in [0, 0.05) is 32.0 Å². The lowest BCUT2D eigenvalue weighted by Crippen LogP contribution is -2.36. The first-order chi connectivity index (χ1) is 13.8. The third-order valence-corrected chi connectivity index (χ3v) is 4.28. The zero-order chi connectivity index (χ0) is 20.4. The number of anilines is 4. The van der Waals surface area contributed by atoms with E-state index in [0.29, 0.717) is 6.54 Å². The number of fused-ring (bicyclic) bond motifs is 2. The number of hydrogen-bond donors (Lipinski definition) is 1. The zero-order valence-electron chi connectivity index (χ0n) is 17.4. The first-order valence-corrected chi connectivity index (χ1v) is 10.2. The Hall–Kier alpha value is -2.60. The van der Waals surface area contributed by atoms with Crippen molar-refractivity contribution < 1.29 is 11.0 Å². The summed E-state index contributed by atoms with van der Waals surface area (Å²) in [5.74, 6) is 0.803. The van der Waals surface area contributed by atoms with Gasteiger partial charge in [-0.15, -0.1) is 0 Å². The number of pyridine rings is 1. The van der Waals surface area contributed by atoms with Crippen molar-refractivity contribution in [1.82, 2.24) is 4.98 Å². The Morgan fingerprint density at radius 2 is 1.93 bits per heavy atom. The number of carbonyl (C=O) groups excluding carboxylic acids is 1. The molecule has 0 saturated carbocycles. The number of aromatic nitrogens is 1. The molecule has 4 rings (SSSR count). The van der Waals surface area contributed by atoms with Crippen molar-refractivity contribution in [3.05, 3.63) is 42.1 Å². The standard InChI is InChI=1S/C17H18N4O2.C3H8.C2H6.H2/c22-12-21-11-13-2-1-5-18-17(13)19-15-4-3-14(10-16(15)21)20-6-8-23-9-7-20;1-3-2;1-2;/h1-5,10,12H,6-9,11H2,(H,18,19);3H2,1-2H3;1-2H3;1H. The number of carbonyl (C=O) groups is 1. The second kappa shape index (κ2) is 11.3. The summed E-state index contributed by atoms with van der Waals surface area (Å²) in [6.07, 6.45) is 3.88.